The third-order valence-corrected chi connectivity index (χ3v) is 4.54. The van der Waals surface area contributed by atoms with Gasteiger partial charge in [-0.2, -0.15) is 5.10 Å². The number of aromatic nitrogens is 2. The number of aryl methyl sites for hydroxylation is 3. The number of nitrogens with zero attached hydrogens (tertiary/aromatic N) is 2. The Bertz CT molecular complexity index is 604. The molecule has 0 spiro atoms. The van der Waals surface area contributed by atoms with Crippen LogP contribution in [0.2, 0.25) is 5.02 Å². The minimum atomic E-state index is -0.593. The smallest absolute Gasteiger partial charge is 0.0846 e. The minimum absolute atomic E-state index is 0.509. The molecule has 1 heterocycles. The van der Waals surface area contributed by atoms with E-state index in [0.717, 1.165) is 33.5 Å². The molecule has 0 aliphatic heterocycles. The minimum Gasteiger partial charge on any atom is -0.388 e. The van der Waals surface area contributed by atoms with Gasteiger partial charge in [-0.15, -0.1) is 0 Å². The lowest BCUT2D eigenvalue weighted by Crippen LogP contribution is -2.09. The molecular formula is C15H18BrClN2O. The van der Waals surface area contributed by atoms with Crippen LogP contribution in [0.25, 0.3) is 0 Å². The molecule has 0 saturated heterocycles. The zero-order chi connectivity index (χ0) is 14.9. The van der Waals surface area contributed by atoms with Crippen LogP contribution >= 0.6 is 27.5 Å². The van der Waals surface area contributed by atoms with E-state index in [1.165, 1.54) is 0 Å². The second kappa shape index (κ2) is 6.29. The monoisotopic (exact) mass is 356 g/mol. The predicted octanol–water partition coefficient (Wildman–Crippen LogP) is 4.21. The quantitative estimate of drug-likeness (QED) is 0.890. The SMILES string of the molecule is CCn1nc(C)c(Br)c1CC(O)c1cc(C)cc(Cl)c1. The van der Waals surface area contributed by atoms with E-state index in [0.29, 0.717) is 11.4 Å². The summed E-state index contributed by atoms with van der Waals surface area (Å²) in [6, 6.07) is 5.66. The maximum atomic E-state index is 10.5. The van der Waals surface area contributed by atoms with E-state index in [2.05, 4.69) is 21.0 Å². The first-order valence-electron chi connectivity index (χ1n) is 6.59. The maximum absolute atomic E-state index is 10.5. The van der Waals surface area contributed by atoms with Crippen molar-refractivity contribution in [3.63, 3.8) is 0 Å². The highest BCUT2D eigenvalue weighted by molar-refractivity contribution is 9.10. The van der Waals surface area contributed by atoms with E-state index in [1.54, 1.807) is 0 Å². The van der Waals surface area contributed by atoms with Crippen molar-refractivity contribution in [2.75, 3.05) is 0 Å². The van der Waals surface area contributed by atoms with Crippen LogP contribution in [0.5, 0.6) is 0 Å². The largest absolute Gasteiger partial charge is 0.388 e. The summed E-state index contributed by atoms with van der Waals surface area (Å²) < 4.78 is 2.89. The van der Waals surface area contributed by atoms with Crippen molar-refractivity contribution in [2.45, 2.75) is 39.8 Å². The third-order valence-electron chi connectivity index (χ3n) is 3.29. The second-order valence-corrected chi connectivity index (χ2v) is 6.17. The van der Waals surface area contributed by atoms with Crippen molar-refractivity contribution in [2.24, 2.45) is 0 Å². The van der Waals surface area contributed by atoms with Crippen molar-refractivity contribution >= 4 is 27.5 Å². The molecule has 5 heteroatoms. The highest BCUT2D eigenvalue weighted by Gasteiger charge is 2.17. The van der Waals surface area contributed by atoms with Gasteiger partial charge >= 0.3 is 0 Å². The number of halogens is 2. The molecule has 1 unspecified atom stereocenters. The van der Waals surface area contributed by atoms with Gasteiger partial charge in [0.25, 0.3) is 0 Å². The fraction of sp³-hybridized carbons (Fsp3) is 0.400. The van der Waals surface area contributed by atoms with Crippen LogP contribution in [0, 0.1) is 13.8 Å². The number of hydrogen-bond acceptors (Lipinski definition) is 2. The Labute approximate surface area is 132 Å². The van der Waals surface area contributed by atoms with Crippen molar-refractivity contribution in [1.82, 2.24) is 9.78 Å². The Morgan fingerprint density at radius 2 is 2.05 bits per heavy atom. The van der Waals surface area contributed by atoms with Gasteiger partial charge in [0.2, 0.25) is 0 Å². The van der Waals surface area contributed by atoms with E-state index >= 15 is 0 Å². The fourth-order valence-electron chi connectivity index (χ4n) is 2.32. The van der Waals surface area contributed by atoms with E-state index < -0.39 is 6.10 Å². The Hall–Kier alpha value is -0.840. The van der Waals surface area contributed by atoms with E-state index in [-0.39, 0.29) is 0 Å². The molecule has 0 aliphatic rings. The number of rotatable bonds is 4. The first kappa shape index (κ1) is 15.5. The standard InChI is InChI=1S/C15H18BrClN2O/c1-4-19-13(15(16)10(3)18-19)8-14(20)11-5-9(2)6-12(17)7-11/h5-7,14,20H,4,8H2,1-3H3. The van der Waals surface area contributed by atoms with Crippen LogP contribution in [0.15, 0.2) is 22.7 Å². The lowest BCUT2D eigenvalue weighted by Gasteiger charge is -2.14. The molecule has 2 rings (SSSR count). The number of hydrogen-bond donors (Lipinski definition) is 1. The van der Waals surface area contributed by atoms with Gasteiger partial charge in [-0.3, -0.25) is 4.68 Å². The zero-order valence-electron chi connectivity index (χ0n) is 11.8. The molecule has 0 bridgehead atoms. The Balaban J connectivity index is 2.29. The first-order valence-corrected chi connectivity index (χ1v) is 7.76. The Morgan fingerprint density at radius 3 is 2.65 bits per heavy atom. The highest BCUT2D eigenvalue weighted by Crippen LogP contribution is 2.28. The summed E-state index contributed by atoms with van der Waals surface area (Å²) in [5, 5.41) is 15.6. The molecule has 0 saturated carbocycles. The van der Waals surface area contributed by atoms with E-state index in [1.807, 2.05) is 43.7 Å². The van der Waals surface area contributed by atoms with Crippen LogP contribution in [-0.2, 0) is 13.0 Å². The molecule has 1 aromatic heterocycles. The predicted molar refractivity (Wildman–Crippen MR) is 85.2 cm³/mol. The highest BCUT2D eigenvalue weighted by atomic mass is 79.9. The first-order chi connectivity index (χ1) is 9.42. The summed E-state index contributed by atoms with van der Waals surface area (Å²) in [6.45, 7) is 6.75. The summed E-state index contributed by atoms with van der Waals surface area (Å²) in [6.07, 6.45) is -0.0835. The van der Waals surface area contributed by atoms with Crippen molar-refractivity contribution in [3.05, 3.63) is 50.2 Å². The van der Waals surface area contributed by atoms with Gasteiger partial charge in [-0.1, -0.05) is 17.7 Å². The van der Waals surface area contributed by atoms with Gasteiger partial charge in [-0.25, -0.2) is 0 Å². The van der Waals surface area contributed by atoms with Crippen molar-refractivity contribution < 1.29 is 5.11 Å². The molecule has 1 atom stereocenters. The molecule has 0 radical (unpaired) electrons. The molecule has 3 nitrogen and oxygen atoms in total. The second-order valence-electron chi connectivity index (χ2n) is 4.94. The lowest BCUT2D eigenvalue weighted by atomic mass is 10.0. The van der Waals surface area contributed by atoms with Gasteiger partial charge in [0.05, 0.1) is 22.0 Å². The zero-order valence-corrected chi connectivity index (χ0v) is 14.2. The molecule has 20 heavy (non-hydrogen) atoms. The van der Waals surface area contributed by atoms with Gasteiger partial charge in [0.15, 0.2) is 0 Å². The number of benzene rings is 1. The van der Waals surface area contributed by atoms with Gasteiger partial charge < -0.3 is 5.11 Å². The Morgan fingerprint density at radius 1 is 1.35 bits per heavy atom. The van der Waals surface area contributed by atoms with Crippen molar-refractivity contribution in [3.8, 4) is 0 Å². The van der Waals surface area contributed by atoms with Crippen LogP contribution in [0.3, 0.4) is 0 Å². The van der Waals surface area contributed by atoms with Crippen LogP contribution in [0.4, 0.5) is 0 Å². The normalized spacial score (nSPS) is 12.7. The van der Waals surface area contributed by atoms with Gasteiger partial charge in [-0.05, 0) is 60.0 Å². The van der Waals surface area contributed by atoms with Crippen LogP contribution < -0.4 is 0 Å². The fourth-order valence-corrected chi connectivity index (χ4v) is 3.07. The number of aliphatic hydroxyl groups excluding tert-OH is 1. The van der Waals surface area contributed by atoms with Crippen LogP contribution in [-0.4, -0.2) is 14.9 Å². The van der Waals surface area contributed by atoms with Crippen molar-refractivity contribution in [1.29, 1.82) is 0 Å². The van der Waals surface area contributed by atoms with Gasteiger partial charge in [0.1, 0.15) is 0 Å². The molecule has 0 fully saturated rings. The van der Waals surface area contributed by atoms with Gasteiger partial charge in [0, 0.05) is 18.0 Å². The molecular weight excluding hydrogens is 340 g/mol. The summed E-state index contributed by atoms with van der Waals surface area (Å²) in [5.74, 6) is 0. The summed E-state index contributed by atoms with van der Waals surface area (Å²) in [5.41, 5.74) is 3.83. The van der Waals surface area contributed by atoms with Crippen LogP contribution in [0.1, 0.15) is 35.5 Å². The topological polar surface area (TPSA) is 38.0 Å². The average Bonchev–Trinajstić information content (AvgIpc) is 2.65. The van der Waals surface area contributed by atoms with E-state index in [4.69, 9.17) is 11.6 Å². The number of aliphatic hydroxyl groups is 1. The molecule has 2 aromatic rings. The molecule has 1 aromatic carbocycles. The summed E-state index contributed by atoms with van der Waals surface area (Å²) in [4.78, 5) is 0. The molecule has 0 aliphatic carbocycles. The molecule has 108 valence electrons. The summed E-state index contributed by atoms with van der Waals surface area (Å²) >= 11 is 9.60. The Kier molecular flexibility index (Phi) is 4.89. The third kappa shape index (κ3) is 3.25. The summed E-state index contributed by atoms with van der Waals surface area (Å²) in [7, 11) is 0. The molecule has 1 N–H and O–H groups in total. The molecule has 0 amide bonds. The van der Waals surface area contributed by atoms with E-state index in [9.17, 15) is 5.11 Å². The lowest BCUT2D eigenvalue weighted by molar-refractivity contribution is 0.175. The average molecular weight is 358 g/mol. The maximum Gasteiger partial charge on any atom is 0.0846 e.